The predicted molar refractivity (Wildman–Crippen MR) is 60.4 cm³/mol. The third kappa shape index (κ3) is 1.88. The lowest BCUT2D eigenvalue weighted by Gasteiger charge is -2.00. The molecule has 2 rings (SSSR count). The van der Waals surface area contributed by atoms with Crippen LogP contribution in [0.5, 0.6) is 0 Å². The van der Waals surface area contributed by atoms with Crippen LogP contribution in [0, 0.1) is 12.7 Å². The molecule has 0 atom stereocenters. The summed E-state index contributed by atoms with van der Waals surface area (Å²) in [6, 6.07) is 3.14. The van der Waals surface area contributed by atoms with Crippen molar-refractivity contribution in [1.82, 2.24) is 4.98 Å². The Hall–Kier alpha value is -1.35. The van der Waals surface area contributed by atoms with Crippen LogP contribution >= 0.6 is 0 Å². The number of hydrogen-bond acceptors (Lipinski definition) is 1. The highest BCUT2D eigenvalue weighted by Crippen LogP contribution is 2.23. The normalized spacial score (nSPS) is 11.1. The largest absolute Gasteiger partial charge is 0.361 e. The molecule has 0 aliphatic heterocycles. The van der Waals surface area contributed by atoms with Gasteiger partial charge in [-0.15, -0.1) is 0 Å². The number of aromatic nitrogens is 1. The minimum absolute atomic E-state index is 0.173. The van der Waals surface area contributed by atoms with Gasteiger partial charge in [0.2, 0.25) is 0 Å². The van der Waals surface area contributed by atoms with Gasteiger partial charge in [0.25, 0.3) is 0 Å². The van der Waals surface area contributed by atoms with Gasteiger partial charge in [-0.3, -0.25) is 0 Å². The van der Waals surface area contributed by atoms with Crippen LogP contribution in [-0.4, -0.2) is 11.5 Å². The molecule has 1 aromatic heterocycles. The van der Waals surface area contributed by atoms with Crippen LogP contribution in [0.25, 0.3) is 10.9 Å². The zero-order chi connectivity index (χ0) is 10.8. The van der Waals surface area contributed by atoms with Crippen molar-refractivity contribution in [3.63, 3.8) is 0 Å². The summed E-state index contributed by atoms with van der Waals surface area (Å²) < 4.78 is 13.2. The minimum atomic E-state index is -0.173. The van der Waals surface area contributed by atoms with Crippen LogP contribution in [0.1, 0.15) is 17.5 Å². The molecule has 0 aliphatic carbocycles. The summed E-state index contributed by atoms with van der Waals surface area (Å²) in [6.07, 6.45) is 3.79. The molecular formula is C12H15FN2. The van der Waals surface area contributed by atoms with E-state index in [4.69, 9.17) is 5.73 Å². The summed E-state index contributed by atoms with van der Waals surface area (Å²) in [5.41, 5.74) is 8.59. The van der Waals surface area contributed by atoms with E-state index in [2.05, 4.69) is 4.98 Å². The Bertz CT molecular complexity index is 474. The van der Waals surface area contributed by atoms with Gasteiger partial charge in [0.05, 0.1) is 0 Å². The van der Waals surface area contributed by atoms with Gasteiger partial charge in [-0.25, -0.2) is 4.39 Å². The molecule has 0 unspecified atom stereocenters. The van der Waals surface area contributed by atoms with Crippen molar-refractivity contribution in [2.75, 3.05) is 6.54 Å². The average Bonchev–Trinajstić information content (AvgIpc) is 2.58. The number of halogens is 1. The number of H-pyrrole nitrogens is 1. The maximum Gasteiger partial charge on any atom is 0.124 e. The summed E-state index contributed by atoms with van der Waals surface area (Å²) in [6.45, 7) is 2.58. The summed E-state index contributed by atoms with van der Waals surface area (Å²) >= 11 is 0. The van der Waals surface area contributed by atoms with Crippen molar-refractivity contribution >= 4 is 10.9 Å². The molecule has 0 aliphatic rings. The van der Waals surface area contributed by atoms with Crippen LogP contribution in [0.2, 0.25) is 0 Å². The van der Waals surface area contributed by atoms with Gasteiger partial charge in [0, 0.05) is 17.1 Å². The first-order chi connectivity index (χ1) is 7.22. The summed E-state index contributed by atoms with van der Waals surface area (Å²) in [7, 11) is 0. The molecule has 0 fully saturated rings. The first-order valence-electron chi connectivity index (χ1n) is 5.18. The Balaban J connectivity index is 2.49. The minimum Gasteiger partial charge on any atom is -0.361 e. The Morgan fingerprint density at radius 2 is 2.20 bits per heavy atom. The molecule has 0 amide bonds. The van der Waals surface area contributed by atoms with Crippen LogP contribution < -0.4 is 5.73 Å². The van der Waals surface area contributed by atoms with Gasteiger partial charge in [-0.2, -0.15) is 0 Å². The topological polar surface area (TPSA) is 41.8 Å². The van der Waals surface area contributed by atoms with Gasteiger partial charge in [-0.05, 0) is 49.6 Å². The summed E-state index contributed by atoms with van der Waals surface area (Å²) in [5, 5.41) is 0.987. The van der Waals surface area contributed by atoms with Gasteiger partial charge in [-0.1, -0.05) is 0 Å². The number of fused-ring (bicyclic) bond motifs is 1. The van der Waals surface area contributed by atoms with E-state index in [0.717, 1.165) is 34.9 Å². The standard InChI is InChI=1S/C12H15FN2/c1-8-5-10(13)6-11-9(3-2-4-14)7-15-12(8)11/h5-7,15H,2-4,14H2,1H3. The number of hydrogen-bond donors (Lipinski definition) is 2. The fourth-order valence-corrected chi connectivity index (χ4v) is 1.92. The van der Waals surface area contributed by atoms with Crippen LogP contribution in [-0.2, 0) is 6.42 Å². The van der Waals surface area contributed by atoms with E-state index in [-0.39, 0.29) is 5.82 Å². The van der Waals surface area contributed by atoms with E-state index in [1.54, 1.807) is 12.1 Å². The number of aromatic amines is 1. The second-order valence-corrected chi connectivity index (χ2v) is 3.85. The van der Waals surface area contributed by atoms with Crippen LogP contribution in [0.4, 0.5) is 4.39 Å². The lowest BCUT2D eigenvalue weighted by molar-refractivity contribution is 0.628. The van der Waals surface area contributed by atoms with Crippen LogP contribution in [0.3, 0.4) is 0 Å². The Labute approximate surface area is 88.3 Å². The highest BCUT2D eigenvalue weighted by atomic mass is 19.1. The van der Waals surface area contributed by atoms with E-state index in [1.165, 1.54) is 0 Å². The monoisotopic (exact) mass is 206 g/mol. The first kappa shape index (κ1) is 10.2. The Kier molecular flexibility index (Phi) is 2.73. The summed E-state index contributed by atoms with van der Waals surface area (Å²) in [4.78, 5) is 3.19. The highest BCUT2D eigenvalue weighted by Gasteiger charge is 2.07. The molecule has 15 heavy (non-hydrogen) atoms. The van der Waals surface area contributed by atoms with Gasteiger partial charge in [0.1, 0.15) is 5.82 Å². The van der Waals surface area contributed by atoms with Crippen LogP contribution in [0.15, 0.2) is 18.3 Å². The van der Waals surface area contributed by atoms with Gasteiger partial charge < -0.3 is 10.7 Å². The second-order valence-electron chi connectivity index (χ2n) is 3.85. The van der Waals surface area contributed by atoms with Gasteiger partial charge in [0.15, 0.2) is 0 Å². The van der Waals surface area contributed by atoms with Crippen molar-refractivity contribution in [3.05, 3.63) is 35.3 Å². The smallest absolute Gasteiger partial charge is 0.124 e. The number of rotatable bonds is 3. The quantitative estimate of drug-likeness (QED) is 0.796. The van der Waals surface area contributed by atoms with E-state index in [1.807, 2.05) is 13.1 Å². The number of benzene rings is 1. The molecule has 3 N–H and O–H groups in total. The van der Waals surface area contributed by atoms with Crippen molar-refractivity contribution in [1.29, 1.82) is 0 Å². The molecule has 0 saturated heterocycles. The van der Waals surface area contributed by atoms with E-state index in [0.29, 0.717) is 6.54 Å². The van der Waals surface area contributed by atoms with Crippen molar-refractivity contribution < 1.29 is 4.39 Å². The third-order valence-electron chi connectivity index (χ3n) is 2.69. The molecule has 80 valence electrons. The Morgan fingerprint density at radius 1 is 1.40 bits per heavy atom. The van der Waals surface area contributed by atoms with E-state index < -0.39 is 0 Å². The number of nitrogens with two attached hydrogens (primary N) is 1. The zero-order valence-electron chi connectivity index (χ0n) is 8.81. The highest BCUT2D eigenvalue weighted by molar-refractivity contribution is 5.86. The zero-order valence-corrected chi connectivity index (χ0v) is 8.81. The molecule has 0 bridgehead atoms. The Morgan fingerprint density at radius 3 is 2.93 bits per heavy atom. The molecule has 2 nitrogen and oxygen atoms in total. The molecule has 0 radical (unpaired) electrons. The molecule has 1 heterocycles. The predicted octanol–water partition coefficient (Wildman–Crippen LogP) is 2.51. The molecule has 0 spiro atoms. The third-order valence-corrected chi connectivity index (χ3v) is 2.69. The number of aryl methyl sites for hydroxylation is 2. The van der Waals surface area contributed by atoms with Crippen molar-refractivity contribution in [3.8, 4) is 0 Å². The average molecular weight is 206 g/mol. The van der Waals surface area contributed by atoms with Gasteiger partial charge >= 0.3 is 0 Å². The van der Waals surface area contributed by atoms with E-state index >= 15 is 0 Å². The maximum atomic E-state index is 13.2. The van der Waals surface area contributed by atoms with Crippen molar-refractivity contribution in [2.45, 2.75) is 19.8 Å². The molecule has 3 heteroatoms. The molecular weight excluding hydrogens is 191 g/mol. The number of nitrogens with one attached hydrogen (secondary N) is 1. The van der Waals surface area contributed by atoms with Crippen molar-refractivity contribution in [2.24, 2.45) is 5.73 Å². The lowest BCUT2D eigenvalue weighted by atomic mass is 10.1. The summed E-state index contributed by atoms with van der Waals surface area (Å²) in [5.74, 6) is -0.173. The fraction of sp³-hybridized carbons (Fsp3) is 0.333. The fourth-order valence-electron chi connectivity index (χ4n) is 1.92. The second kappa shape index (κ2) is 4.03. The lowest BCUT2D eigenvalue weighted by Crippen LogP contribution is -1.99. The maximum absolute atomic E-state index is 13.2. The molecule has 2 aromatic rings. The molecule has 0 saturated carbocycles. The molecule has 1 aromatic carbocycles. The van der Waals surface area contributed by atoms with E-state index in [9.17, 15) is 4.39 Å². The SMILES string of the molecule is Cc1cc(F)cc2c(CCCN)c[nH]c12. The first-order valence-corrected chi connectivity index (χ1v) is 5.18.